The Kier molecular flexibility index (Phi) is 4.63. The van der Waals surface area contributed by atoms with Gasteiger partial charge >= 0.3 is 5.97 Å². The Morgan fingerprint density at radius 1 is 1.33 bits per heavy atom. The highest BCUT2D eigenvalue weighted by molar-refractivity contribution is 6.06. The van der Waals surface area contributed by atoms with Crippen molar-refractivity contribution in [3.05, 3.63) is 0 Å². The summed E-state index contributed by atoms with van der Waals surface area (Å²) in [5.41, 5.74) is 0. The molecule has 3 atom stereocenters. The maximum Gasteiger partial charge on any atom is 0.321 e. The van der Waals surface area contributed by atoms with Crippen molar-refractivity contribution in [2.24, 2.45) is 0 Å². The second-order valence-corrected chi connectivity index (χ2v) is 5.73. The fourth-order valence-corrected chi connectivity index (χ4v) is 3.36. The fraction of sp³-hybridized carbons (Fsp3) is 0.786. The predicted molar refractivity (Wildman–Crippen MR) is 73.4 cm³/mol. The number of carboxylic acids is 1. The number of amides is 2. The van der Waals surface area contributed by atoms with Gasteiger partial charge in [-0.15, -0.1) is 0 Å². The first-order chi connectivity index (χ1) is 9.90. The van der Waals surface area contributed by atoms with Gasteiger partial charge in [0.05, 0.1) is 18.6 Å². The van der Waals surface area contributed by atoms with E-state index in [4.69, 9.17) is 0 Å². The Balaban J connectivity index is 2.20. The van der Waals surface area contributed by atoms with Crippen LogP contribution in [0.15, 0.2) is 0 Å². The third kappa shape index (κ3) is 2.80. The maximum absolute atomic E-state index is 12.5. The van der Waals surface area contributed by atoms with E-state index >= 15 is 0 Å². The highest BCUT2D eigenvalue weighted by Crippen LogP contribution is 2.29. The van der Waals surface area contributed by atoms with Gasteiger partial charge in [-0.1, -0.05) is 13.8 Å². The van der Waals surface area contributed by atoms with Crippen LogP contribution in [0.5, 0.6) is 0 Å². The van der Waals surface area contributed by atoms with E-state index in [-0.39, 0.29) is 37.2 Å². The van der Waals surface area contributed by atoms with Gasteiger partial charge in [-0.25, -0.2) is 0 Å². The average molecular weight is 298 g/mol. The van der Waals surface area contributed by atoms with E-state index in [2.05, 4.69) is 0 Å². The first-order valence-corrected chi connectivity index (χ1v) is 7.43. The van der Waals surface area contributed by atoms with Gasteiger partial charge < -0.3 is 10.2 Å². The van der Waals surface area contributed by atoms with Gasteiger partial charge in [-0.05, 0) is 12.8 Å². The summed E-state index contributed by atoms with van der Waals surface area (Å²) in [4.78, 5) is 38.7. The topological polar surface area (TPSA) is 98.2 Å². The summed E-state index contributed by atoms with van der Waals surface area (Å²) in [5, 5.41) is 18.9. The summed E-state index contributed by atoms with van der Waals surface area (Å²) in [5.74, 6) is -1.63. The van der Waals surface area contributed by atoms with Crippen molar-refractivity contribution in [1.29, 1.82) is 0 Å². The van der Waals surface area contributed by atoms with E-state index in [1.165, 1.54) is 9.80 Å². The molecule has 0 aliphatic carbocycles. The van der Waals surface area contributed by atoms with Crippen LogP contribution >= 0.6 is 0 Å². The molecule has 0 radical (unpaired) electrons. The Morgan fingerprint density at radius 2 is 1.95 bits per heavy atom. The molecule has 2 saturated heterocycles. The number of carboxylic acid groups (broad SMARTS) is 1. The van der Waals surface area contributed by atoms with Crippen molar-refractivity contribution in [3.63, 3.8) is 0 Å². The van der Waals surface area contributed by atoms with Crippen molar-refractivity contribution < 1.29 is 24.6 Å². The average Bonchev–Trinajstić information content (AvgIpc) is 2.94. The first kappa shape index (κ1) is 15.9. The lowest BCUT2D eigenvalue weighted by molar-refractivity contribution is -0.145. The van der Waals surface area contributed by atoms with Crippen molar-refractivity contribution >= 4 is 17.8 Å². The first-order valence-electron chi connectivity index (χ1n) is 7.43. The summed E-state index contributed by atoms with van der Waals surface area (Å²) in [6, 6.07) is -1.79. The smallest absolute Gasteiger partial charge is 0.321 e. The molecule has 0 aromatic carbocycles. The number of hydrogen-bond donors (Lipinski definition) is 2. The standard InChI is InChI=1S/C14H22N2O5/c1-3-8(4-2)16-12(18)6-10(13(16)19)15-7-9(17)5-11(15)14(20)21/h8-11,17H,3-7H2,1-2H3,(H,20,21). The molecule has 2 aliphatic rings. The Morgan fingerprint density at radius 3 is 2.48 bits per heavy atom. The van der Waals surface area contributed by atoms with Crippen LogP contribution in [0.2, 0.25) is 0 Å². The van der Waals surface area contributed by atoms with Gasteiger partial charge in [0.2, 0.25) is 11.8 Å². The zero-order valence-electron chi connectivity index (χ0n) is 12.4. The number of nitrogens with zero attached hydrogens (tertiary/aromatic N) is 2. The quantitative estimate of drug-likeness (QED) is 0.683. The summed E-state index contributed by atoms with van der Waals surface area (Å²) < 4.78 is 0. The van der Waals surface area contributed by atoms with E-state index in [1.54, 1.807) is 0 Å². The minimum absolute atomic E-state index is 0.00579. The number of aliphatic hydroxyl groups is 1. The van der Waals surface area contributed by atoms with E-state index < -0.39 is 24.2 Å². The third-order valence-electron chi connectivity index (χ3n) is 4.47. The third-order valence-corrected chi connectivity index (χ3v) is 4.47. The van der Waals surface area contributed by atoms with E-state index in [0.717, 1.165) is 0 Å². The number of hydrogen-bond acceptors (Lipinski definition) is 5. The van der Waals surface area contributed by atoms with Gasteiger partial charge in [-0.2, -0.15) is 0 Å². The van der Waals surface area contributed by atoms with Gasteiger partial charge in [0.15, 0.2) is 0 Å². The number of carbonyl (C=O) groups excluding carboxylic acids is 2. The monoisotopic (exact) mass is 298 g/mol. The molecule has 0 bridgehead atoms. The molecule has 2 rings (SSSR count). The largest absolute Gasteiger partial charge is 0.480 e. The maximum atomic E-state index is 12.5. The molecular formula is C14H22N2O5. The van der Waals surface area contributed by atoms with E-state index in [1.807, 2.05) is 13.8 Å². The van der Waals surface area contributed by atoms with Gasteiger partial charge in [0, 0.05) is 19.0 Å². The van der Waals surface area contributed by atoms with Crippen molar-refractivity contribution in [3.8, 4) is 0 Å². The Labute approximate surface area is 123 Å². The summed E-state index contributed by atoms with van der Waals surface area (Å²) in [6.45, 7) is 3.96. The fourth-order valence-electron chi connectivity index (χ4n) is 3.36. The molecule has 0 aromatic rings. The highest BCUT2D eigenvalue weighted by Gasteiger charge is 2.49. The molecule has 2 aliphatic heterocycles. The minimum Gasteiger partial charge on any atom is -0.480 e. The van der Waals surface area contributed by atoms with Crippen molar-refractivity contribution in [2.45, 2.75) is 63.8 Å². The van der Waals surface area contributed by atoms with Crippen LogP contribution in [0.1, 0.15) is 39.5 Å². The number of carbonyl (C=O) groups is 3. The van der Waals surface area contributed by atoms with Gasteiger partial charge in [-0.3, -0.25) is 24.2 Å². The molecule has 0 saturated carbocycles. The van der Waals surface area contributed by atoms with E-state index in [0.29, 0.717) is 12.8 Å². The van der Waals surface area contributed by atoms with Crippen LogP contribution < -0.4 is 0 Å². The number of aliphatic hydroxyl groups excluding tert-OH is 1. The number of β-amino-alcohol motifs (C(OH)–C–C–N with tert-alkyl or cyclic N) is 1. The van der Waals surface area contributed by atoms with Crippen LogP contribution in [0.4, 0.5) is 0 Å². The molecular weight excluding hydrogens is 276 g/mol. The molecule has 3 unspecified atom stereocenters. The molecule has 2 heterocycles. The summed E-state index contributed by atoms with van der Waals surface area (Å²) >= 11 is 0. The molecule has 7 nitrogen and oxygen atoms in total. The number of likely N-dealkylation sites (tertiary alicyclic amines) is 2. The van der Waals surface area contributed by atoms with Crippen LogP contribution in [0.3, 0.4) is 0 Å². The molecule has 2 amide bonds. The number of aliphatic carboxylic acids is 1. The van der Waals surface area contributed by atoms with Crippen LogP contribution in [0, 0.1) is 0 Å². The minimum atomic E-state index is -1.06. The van der Waals surface area contributed by atoms with Crippen LogP contribution in [-0.2, 0) is 14.4 Å². The van der Waals surface area contributed by atoms with Crippen LogP contribution in [-0.4, -0.2) is 68.6 Å². The lowest BCUT2D eigenvalue weighted by atomic mass is 10.1. The Hall–Kier alpha value is -1.47. The van der Waals surface area contributed by atoms with Crippen molar-refractivity contribution in [2.75, 3.05) is 6.54 Å². The Bertz CT molecular complexity index is 449. The van der Waals surface area contributed by atoms with Gasteiger partial charge in [0.25, 0.3) is 0 Å². The summed E-state index contributed by atoms with van der Waals surface area (Å²) in [6.07, 6.45) is 0.706. The second-order valence-electron chi connectivity index (χ2n) is 5.73. The van der Waals surface area contributed by atoms with E-state index in [9.17, 15) is 24.6 Å². The molecule has 21 heavy (non-hydrogen) atoms. The zero-order valence-corrected chi connectivity index (χ0v) is 12.4. The SMILES string of the molecule is CCC(CC)N1C(=O)CC(N2CC(O)CC2C(=O)O)C1=O. The molecule has 2 N–H and O–H groups in total. The summed E-state index contributed by atoms with van der Waals surface area (Å²) in [7, 11) is 0. The highest BCUT2D eigenvalue weighted by atomic mass is 16.4. The zero-order chi connectivity index (χ0) is 15.7. The molecule has 7 heteroatoms. The lowest BCUT2D eigenvalue weighted by Gasteiger charge is -2.28. The van der Waals surface area contributed by atoms with Crippen LogP contribution in [0.25, 0.3) is 0 Å². The predicted octanol–water partition coefficient (Wildman–Crippen LogP) is -0.178. The number of rotatable bonds is 5. The normalized spacial score (nSPS) is 30.7. The second kappa shape index (κ2) is 6.11. The molecule has 0 spiro atoms. The number of imide groups is 1. The molecule has 2 fully saturated rings. The van der Waals surface area contributed by atoms with Crippen molar-refractivity contribution in [1.82, 2.24) is 9.80 Å². The molecule has 118 valence electrons. The lowest BCUT2D eigenvalue weighted by Crippen LogP contribution is -2.49. The van der Waals surface area contributed by atoms with Gasteiger partial charge in [0.1, 0.15) is 6.04 Å². The molecule has 0 aromatic heterocycles.